The van der Waals surface area contributed by atoms with Crippen LogP contribution in [0.5, 0.6) is 0 Å². The van der Waals surface area contributed by atoms with E-state index in [2.05, 4.69) is 9.72 Å². The fourth-order valence-electron chi connectivity index (χ4n) is 1.66. The summed E-state index contributed by atoms with van der Waals surface area (Å²) in [6.07, 6.45) is 0. The molecule has 0 bridgehead atoms. The third kappa shape index (κ3) is 3.41. The second-order valence-electron chi connectivity index (χ2n) is 4.21. The smallest absolute Gasteiger partial charge is 0.310 e. The third-order valence-corrected chi connectivity index (χ3v) is 2.70. The molecule has 0 fully saturated rings. The second-order valence-corrected chi connectivity index (χ2v) is 4.21. The van der Waals surface area contributed by atoms with Crippen molar-refractivity contribution in [3.05, 3.63) is 27.9 Å². The first kappa shape index (κ1) is 15.4. The molecule has 0 spiro atoms. The van der Waals surface area contributed by atoms with Crippen molar-refractivity contribution in [3.8, 4) is 6.07 Å². The predicted molar refractivity (Wildman–Crippen MR) is 70.1 cm³/mol. The molecule has 1 unspecified atom stereocenters. The number of methoxy groups -OCH3 is 1. The number of carbonyl (C=O) groups is 1. The Morgan fingerprint density at radius 2 is 2.30 bits per heavy atom. The van der Waals surface area contributed by atoms with Crippen LogP contribution in [0.25, 0.3) is 0 Å². The Labute approximate surface area is 115 Å². The number of rotatable bonds is 5. The van der Waals surface area contributed by atoms with E-state index in [0.29, 0.717) is 12.4 Å². The van der Waals surface area contributed by atoms with Crippen molar-refractivity contribution < 1.29 is 14.5 Å². The SMILES string of the molecule is COC(=O)C(C)CN(C)c1ccc([N+](=O)[O-])c(C#N)n1. The molecule has 1 aromatic heterocycles. The predicted octanol–water partition coefficient (Wildman–Crippen LogP) is 1.11. The average molecular weight is 278 g/mol. The van der Waals surface area contributed by atoms with E-state index in [-0.39, 0.29) is 23.3 Å². The first-order valence-corrected chi connectivity index (χ1v) is 5.75. The molecule has 106 valence electrons. The summed E-state index contributed by atoms with van der Waals surface area (Å²) in [4.78, 5) is 26.9. The fourth-order valence-corrected chi connectivity index (χ4v) is 1.66. The molecule has 0 amide bonds. The topological polar surface area (TPSA) is 109 Å². The minimum absolute atomic E-state index is 0.259. The third-order valence-electron chi connectivity index (χ3n) is 2.70. The van der Waals surface area contributed by atoms with Gasteiger partial charge >= 0.3 is 11.7 Å². The van der Waals surface area contributed by atoms with E-state index >= 15 is 0 Å². The van der Waals surface area contributed by atoms with E-state index in [1.807, 2.05) is 0 Å². The number of aromatic nitrogens is 1. The van der Waals surface area contributed by atoms with Gasteiger partial charge in [0.05, 0.1) is 18.0 Å². The van der Waals surface area contributed by atoms with Gasteiger partial charge in [-0.15, -0.1) is 0 Å². The first-order chi connectivity index (χ1) is 9.40. The minimum atomic E-state index is -0.660. The lowest BCUT2D eigenvalue weighted by Gasteiger charge is -2.21. The number of nitro groups is 1. The fraction of sp³-hybridized carbons (Fsp3) is 0.417. The summed E-state index contributed by atoms with van der Waals surface area (Å²) < 4.78 is 4.62. The molecular weight excluding hydrogens is 264 g/mol. The van der Waals surface area contributed by atoms with Crippen molar-refractivity contribution in [1.29, 1.82) is 5.26 Å². The highest BCUT2D eigenvalue weighted by Gasteiger charge is 2.20. The van der Waals surface area contributed by atoms with Crippen LogP contribution in [-0.4, -0.2) is 36.6 Å². The summed E-state index contributed by atoms with van der Waals surface area (Å²) >= 11 is 0. The van der Waals surface area contributed by atoms with Gasteiger partial charge in [-0.05, 0) is 6.07 Å². The van der Waals surface area contributed by atoms with E-state index in [4.69, 9.17) is 5.26 Å². The number of nitrogens with zero attached hydrogens (tertiary/aromatic N) is 4. The Hall–Kier alpha value is -2.69. The zero-order valence-electron chi connectivity index (χ0n) is 11.4. The van der Waals surface area contributed by atoms with Crippen molar-refractivity contribution in [2.45, 2.75) is 6.92 Å². The molecule has 0 saturated carbocycles. The molecular formula is C12H14N4O4. The minimum Gasteiger partial charge on any atom is -0.469 e. The van der Waals surface area contributed by atoms with E-state index in [1.54, 1.807) is 24.9 Å². The quantitative estimate of drug-likeness (QED) is 0.450. The molecule has 8 nitrogen and oxygen atoms in total. The summed E-state index contributed by atoms with van der Waals surface area (Å²) in [5, 5.41) is 19.6. The first-order valence-electron chi connectivity index (χ1n) is 5.75. The molecule has 0 saturated heterocycles. The van der Waals surface area contributed by atoms with Crippen LogP contribution in [0.4, 0.5) is 11.5 Å². The van der Waals surface area contributed by atoms with Gasteiger partial charge in [0.1, 0.15) is 11.9 Å². The molecule has 0 aliphatic carbocycles. The largest absolute Gasteiger partial charge is 0.469 e. The van der Waals surface area contributed by atoms with E-state index in [0.717, 1.165) is 0 Å². The highest BCUT2D eigenvalue weighted by atomic mass is 16.6. The molecule has 1 rings (SSSR count). The van der Waals surface area contributed by atoms with Crippen LogP contribution in [0.3, 0.4) is 0 Å². The number of hydrogen-bond donors (Lipinski definition) is 0. The Morgan fingerprint density at radius 3 is 2.80 bits per heavy atom. The number of esters is 1. The van der Waals surface area contributed by atoms with Crippen LogP contribution in [-0.2, 0) is 9.53 Å². The van der Waals surface area contributed by atoms with Gasteiger partial charge in [0.15, 0.2) is 0 Å². The highest BCUT2D eigenvalue weighted by Crippen LogP contribution is 2.20. The molecule has 20 heavy (non-hydrogen) atoms. The molecule has 0 aliphatic rings. The second kappa shape index (κ2) is 6.47. The van der Waals surface area contributed by atoms with Crippen LogP contribution in [0.2, 0.25) is 0 Å². The van der Waals surface area contributed by atoms with Crippen LogP contribution >= 0.6 is 0 Å². The highest BCUT2D eigenvalue weighted by molar-refractivity contribution is 5.72. The standard InChI is InChI=1S/C12H14N4O4/c1-8(12(17)20-3)7-15(2)11-5-4-10(16(18)19)9(6-13)14-11/h4-5,8H,7H2,1-3H3. The summed E-state index contributed by atoms with van der Waals surface area (Å²) in [5.74, 6) is -0.366. The molecule has 0 radical (unpaired) electrons. The maximum atomic E-state index is 11.3. The molecule has 1 atom stereocenters. The number of carbonyl (C=O) groups excluding carboxylic acids is 1. The molecule has 0 N–H and O–H groups in total. The van der Waals surface area contributed by atoms with Gasteiger partial charge in [-0.3, -0.25) is 14.9 Å². The average Bonchev–Trinajstić information content (AvgIpc) is 2.45. The van der Waals surface area contributed by atoms with Crippen molar-refractivity contribution in [1.82, 2.24) is 4.98 Å². The molecule has 1 heterocycles. The lowest BCUT2D eigenvalue weighted by atomic mass is 10.1. The van der Waals surface area contributed by atoms with Crippen molar-refractivity contribution in [2.24, 2.45) is 5.92 Å². The molecule has 0 aliphatic heterocycles. The number of anilines is 1. The molecule has 0 aromatic carbocycles. The summed E-state index contributed by atoms with van der Waals surface area (Å²) in [7, 11) is 2.98. The summed E-state index contributed by atoms with van der Waals surface area (Å²) in [6, 6.07) is 4.34. The van der Waals surface area contributed by atoms with Crippen LogP contribution < -0.4 is 4.90 Å². The van der Waals surface area contributed by atoms with Gasteiger partial charge in [-0.2, -0.15) is 5.26 Å². The Bertz CT molecular complexity index is 567. The van der Waals surface area contributed by atoms with Gasteiger partial charge in [0.2, 0.25) is 5.69 Å². The lowest BCUT2D eigenvalue weighted by Crippen LogP contribution is -2.29. The number of pyridine rings is 1. The van der Waals surface area contributed by atoms with E-state index in [9.17, 15) is 14.9 Å². The monoisotopic (exact) mass is 278 g/mol. The van der Waals surface area contributed by atoms with Gasteiger partial charge in [0, 0.05) is 19.7 Å². The van der Waals surface area contributed by atoms with Crippen LogP contribution in [0.15, 0.2) is 12.1 Å². The molecule has 8 heteroatoms. The number of nitriles is 1. The number of ether oxygens (including phenoxy) is 1. The van der Waals surface area contributed by atoms with Gasteiger partial charge < -0.3 is 9.64 Å². The normalized spacial score (nSPS) is 11.3. The van der Waals surface area contributed by atoms with Crippen molar-refractivity contribution in [3.63, 3.8) is 0 Å². The van der Waals surface area contributed by atoms with E-state index < -0.39 is 4.92 Å². The number of hydrogen-bond acceptors (Lipinski definition) is 7. The summed E-state index contributed by atoms with van der Waals surface area (Å²) in [5.41, 5.74) is -0.601. The molecule has 1 aromatic rings. The van der Waals surface area contributed by atoms with Gasteiger partial charge in [-0.25, -0.2) is 4.98 Å². The van der Waals surface area contributed by atoms with Crippen LogP contribution in [0.1, 0.15) is 12.6 Å². The van der Waals surface area contributed by atoms with Gasteiger partial charge in [-0.1, -0.05) is 6.92 Å². The Morgan fingerprint density at radius 1 is 1.65 bits per heavy atom. The Balaban J connectivity index is 2.95. The summed E-state index contributed by atoms with van der Waals surface area (Å²) in [6.45, 7) is 2.02. The zero-order chi connectivity index (χ0) is 15.3. The zero-order valence-corrected chi connectivity index (χ0v) is 11.4. The van der Waals surface area contributed by atoms with Crippen molar-refractivity contribution in [2.75, 3.05) is 25.6 Å². The van der Waals surface area contributed by atoms with E-state index in [1.165, 1.54) is 19.2 Å². The van der Waals surface area contributed by atoms with Crippen LogP contribution in [0, 0.1) is 27.4 Å². The Kier molecular flexibility index (Phi) is 4.97. The van der Waals surface area contributed by atoms with Gasteiger partial charge in [0.25, 0.3) is 0 Å². The lowest BCUT2D eigenvalue weighted by molar-refractivity contribution is -0.385. The van der Waals surface area contributed by atoms with Crippen molar-refractivity contribution >= 4 is 17.5 Å². The maximum Gasteiger partial charge on any atom is 0.310 e. The maximum absolute atomic E-state index is 11.3.